The summed E-state index contributed by atoms with van der Waals surface area (Å²) in [4.78, 5) is 21.7. The van der Waals surface area contributed by atoms with Crippen molar-refractivity contribution in [2.75, 3.05) is 52.4 Å². The molecule has 1 aromatic heterocycles. The zero-order chi connectivity index (χ0) is 23.4. The minimum atomic E-state index is -0.0242. The van der Waals surface area contributed by atoms with Crippen LogP contribution in [0.15, 0.2) is 48.5 Å². The highest BCUT2D eigenvalue weighted by atomic mass is 16.5. The summed E-state index contributed by atoms with van der Waals surface area (Å²) in [6.07, 6.45) is 3.37. The lowest BCUT2D eigenvalue weighted by atomic mass is 10.1. The Labute approximate surface area is 194 Å². The summed E-state index contributed by atoms with van der Waals surface area (Å²) in [7, 11) is 4.89. The van der Waals surface area contributed by atoms with Crippen molar-refractivity contribution in [1.82, 2.24) is 9.88 Å². The number of anilines is 1. The number of piperazine rings is 1. The van der Waals surface area contributed by atoms with Gasteiger partial charge >= 0.3 is 0 Å². The second kappa shape index (κ2) is 9.81. The first-order valence-corrected chi connectivity index (χ1v) is 10.9. The fourth-order valence-electron chi connectivity index (χ4n) is 4.09. The van der Waals surface area contributed by atoms with Crippen molar-refractivity contribution in [1.29, 1.82) is 0 Å². The van der Waals surface area contributed by atoms with Gasteiger partial charge < -0.3 is 24.0 Å². The van der Waals surface area contributed by atoms with Crippen LogP contribution in [0.25, 0.3) is 17.0 Å². The fourth-order valence-corrected chi connectivity index (χ4v) is 4.09. The molecule has 1 saturated heterocycles. The molecule has 1 aliphatic heterocycles. The van der Waals surface area contributed by atoms with Gasteiger partial charge in [-0.3, -0.25) is 4.79 Å². The summed E-state index contributed by atoms with van der Waals surface area (Å²) < 4.78 is 16.2. The Hall–Kier alpha value is -3.74. The van der Waals surface area contributed by atoms with Crippen molar-refractivity contribution in [2.24, 2.45) is 0 Å². The molecule has 2 heterocycles. The van der Waals surface area contributed by atoms with E-state index in [1.165, 1.54) is 0 Å². The van der Waals surface area contributed by atoms with E-state index in [1.54, 1.807) is 33.5 Å². The van der Waals surface area contributed by atoms with Crippen LogP contribution < -0.4 is 19.1 Å². The number of hydrogen-bond donors (Lipinski definition) is 0. The maximum Gasteiger partial charge on any atom is 0.246 e. The molecule has 4 rings (SSSR count). The zero-order valence-corrected chi connectivity index (χ0v) is 19.5. The van der Waals surface area contributed by atoms with Gasteiger partial charge in [0, 0.05) is 43.2 Å². The lowest BCUT2D eigenvalue weighted by molar-refractivity contribution is -0.126. The molecule has 0 unspecified atom stereocenters. The average Bonchev–Trinajstić information content (AvgIpc) is 2.86. The number of hydrogen-bond acceptors (Lipinski definition) is 6. The smallest absolute Gasteiger partial charge is 0.246 e. The highest BCUT2D eigenvalue weighted by molar-refractivity contribution is 5.92. The van der Waals surface area contributed by atoms with Gasteiger partial charge in [-0.2, -0.15) is 0 Å². The minimum absolute atomic E-state index is 0.0242. The Morgan fingerprint density at radius 1 is 0.939 bits per heavy atom. The molecular weight excluding hydrogens is 418 g/mol. The number of rotatable bonds is 6. The molecule has 1 fully saturated rings. The van der Waals surface area contributed by atoms with Crippen LogP contribution in [0.4, 0.5) is 5.82 Å². The van der Waals surface area contributed by atoms with Crippen LogP contribution in [-0.4, -0.2) is 63.3 Å². The SMILES string of the molecule is COc1ccc(OC)c(/C=C/C(=O)N2CCN(c3cc(C)c4cccc(OC)c4n3)CC2)c1. The quantitative estimate of drug-likeness (QED) is 0.534. The largest absolute Gasteiger partial charge is 0.497 e. The lowest BCUT2D eigenvalue weighted by Crippen LogP contribution is -2.48. The lowest BCUT2D eigenvalue weighted by Gasteiger charge is -2.35. The van der Waals surface area contributed by atoms with Crippen LogP contribution >= 0.6 is 0 Å². The summed E-state index contributed by atoms with van der Waals surface area (Å²) in [5.74, 6) is 3.06. The molecule has 0 spiro atoms. The van der Waals surface area contributed by atoms with Crippen molar-refractivity contribution >= 4 is 28.7 Å². The molecule has 0 N–H and O–H groups in total. The molecule has 0 aliphatic carbocycles. The zero-order valence-electron chi connectivity index (χ0n) is 19.5. The first-order chi connectivity index (χ1) is 16.0. The molecule has 172 valence electrons. The predicted molar refractivity (Wildman–Crippen MR) is 130 cm³/mol. The number of nitrogens with zero attached hydrogens (tertiary/aromatic N) is 3. The molecule has 1 amide bonds. The molecular formula is C26H29N3O4. The molecule has 0 atom stereocenters. The number of fused-ring (bicyclic) bond motifs is 1. The second-order valence-corrected chi connectivity index (χ2v) is 7.91. The van der Waals surface area contributed by atoms with E-state index in [1.807, 2.05) is 35.2 Å². The van der Waals surface area contributed by atoms with Crippen LogP contribution in [0, 0.1) is 6.92 Å². The fraction of sp³-hybridized carbons (Fsp3) is 0.308. The van der Waals surface area contributed by atoms with E-state index < -0.39 is 0 Å². The molecule has 1 aliphatic rings. The normalized spacial score (nSPS) is 14.1. The highest BCUT2D eigenvalue weighted by Gasteiger charge is 2.21. The van der Waals surface area contributed by atoms with Crippen LogP contribution in [0.5, 0.6) is 17.2 Å². The summed E-state index contributed by atoms with van der Waals surface area (Å²) in [5.41, 5.74) is 2.82. The van der Waals surface area contributed by atoms with Crippen molar-refractivity contribution in [3.8, 4) is 17.2 Å². The minimum Gasteiger partial charge on any atom is -0.497 e. The molecule has 0 bridgehead atoms. The molecule has 7 nitrogen and oxygen atoms in total. The number of amides is 1. The maximum absolute atomic E-state index is 12.8. The number of aryl methyl sites for hydroxylation is 1. The topological polar surface area (TPSA) is 64.1 Å². The van der Waals surface area contributed by atoms with Crippen LogP contribution in [0.2, 0.25) is 0 Å². The standard InChI is InChI=1S/C26H29N3O4/c1-18-16-24(27-26-21(18)6-5-7-23(26)33-4)28-12-14-29(15-13-28)25(30)11-8-19-17-20(31-2)9-10-22(19)32-3/h5-11,16-17H,12-15H2,1-4H3/b11-8+. The number of benzene rings is 2. The van der Waals surface area contributed by atoms with E-state index in [0.717, 1.165) is 46.7 Å². The van der Waals surface area contributed by atoms with Crippen LogP contribution in [0.1, 0.15) is 11.1 Å². The van der Waals surface area contributed by atoms with Gasteiger partial charge in [0.1, 0.15) is 28.6 Å². The Balaban J connectivity index is 1.45. The van der Waals surface area contributed by atoms with E-state index in [2.05, 4.69) is 24.0 Å². The predicted octanol–water partition coefficient (Wildman–Crippen LogP) is 3.93. The van der Waals surface area contributed by atoms with E-state index in [9.17, 15) is 4.79 Å². The molecule has 0 saturated carbocycles. The van der Waals surface area contributed by atoms with Crippen molar-refractivity contribution in [3.05, 3.63) is 59.7 Å². The molecule has 33 heavy (non-hydrogen) atoms. The number of aromatic nitrogens is 1. The second-order valence-electron chi connectivity index (χ2n) is 7.91. The molecule has 0 radical (unpaired) electrons. The van der Waals surface area contributed by atoms with Gasteiger partial charge in [-0.15, -0.1) is 0 Å². The summed E-state index contributed by atoms with van der Waals surface area (Å²) in [5, 5.41) is 1.09. The number of carbonyl (C=O) groups is 1. The van der Waals surface area contributed by atoms with Gasteiger partial charge in [-0.25, -0.2) is 4.98 Å². The Morgan fingerprint density at radius 3 is 2.39 bits per heavy atom. The summed E-state index contributed by atoms with van der Waals surface area (Å²) in [6.45, 7) is 4.78. The van der Waals surface area contributed by atoms with E-state index in [4.69, 9.17) is 19.2 Å². The third-order valence-corrected chi connectivity index (χ3v) is 5.97. The number of para-hydroxylation sites is 1. The van der Waals surface area contributed by atoms with Gasteiger partial charge in [0.05, 0.1) is 21.3 Å². The van der Waals surface area contributed by atoms with E-state index >= 15 is 0 Å². The maximum atomic E-state index is 12.8. The Kier molecular flexibility index (Phi) is 6.68. The number of carbonyl (C=O) groups excluding carboxylic acids is 1. The Morgan fingerprint density at radius 2 is 1.70 bits per heavy atom. The molecule has 3 aromatic rings. The third kappa shape index (κ3) is 4.72. The average molecular weight is 448 g/mol. The van der Waals surface area contributed by atoms with Gasteiger partial charge in [-0.05, 0) is 48.9 Å². The van der Waals surface area contributed by atoms with Gasteiger partial charge in [0.15, 0.2) is 0 Å². The van der Waals surface area contributed by atoms with Gasteiger partial charge in [0.25, 0.3) is 0 Å². The highest BCUT2D eigenvalue weighted by Crippen LogP contribution is 2.30. The van der Waals surface area contributed by atoms with Gasteiger partial charge in [-0.1, -0.05) is 12.1 Å². The third-order valence-electron chi connectivity index (χ3n) is 5.97. The number of pyridine rings is 1. The van der Waals surface area contributed by atoms with Crippen molar-refractivity contribution < 1.29 is 19.0 Å². The first-order valence-electron chi connectivity index (χ1n) is 10.9. The van der Waals surface area contributed by atoms with Crippen LogP contribution in [-0.2, 0) is 4.79 Å². The van der Waals surface area contributed by atoms with Crippen LogP contribution in [0.3, 0.4) is 0 Å². The first kappa shape index (κ1) is 22.5. The van der Waals surface area contributed by atoms with E-state index in [-0.39, 0.29) is 5.91 Å². The molecule has 2 aromatic carbocycles. The monoisotopic (exact) mass is 447 g/mol. The van der Waals surface area contributed by atoms with Crippen molar-refractivity contribution in [3.63, 3.8) is 0 Å². The Bertz CT molecular complexity index is 1180. The summed E-state index contributed by atoms with van der Waals surface area (Å²) >= 11 is 0. The van der Waals surface area contributed by atoms with Crippen molar-refractivity contribution in [2.45, 2.75) is 6.92 Å². The van der Waals surface area contributed by atoms with Gasteiger partial charge in [0.2, 0.25) is 5.91 Å². The number of ether oxygens (including phenoxy) is 3. The summed E-state index contributed by atoms with van der Waals surface area (Å²) in [6, 6.07) is 13.6. The van der Waals surface area contributed by atoms with E-state index in [0.29, 0.717) is 24.6 Å². The molecule has 7 heteroatoms. The number of methoxy groups -OCH3 is 3.